The number of guanidine groups is 1. The Hall–Kier alpha value is -7.84. The molecule has 1 aliphatic rings. The van der Waals surface area contributed by atoms with Crippen molar-refractivity contribution in [3.8, 4) is 0 Å². The van der Waals surface area contributed by atoms with Gasteiger partial charge in [-0.15, -0.1) is 0 Å². The van der Waals surface area contributed by atoms with Gasteiger partial charge in [0.2, 0.25) is 65.0 Å². The number of nitrogens with one attached hydrogen (secondary N) is 8. The molecule has 1 aliphatic heterocycles. The SMILES string of the molecule is CC[C@H](C)[C@H](NC(=O)[C@H](CCC(N)=O)NC(=O)[C@@H]1CCCN1C(C)=O)C(=O)N[C@H](C(=O)N[C@@H](CC(C)C)C(=O)N[C@@H](Cc1c[nH]c2ccccc12)C(=O)N[C@@H](CCC(N)=O)C(=O)N[C@@H](CCCN=C(N)N)C(N)=O)[C@@H](C)O. The third-order valence-corrected chi connectivity index (χ3v) is 13.1. The first-order valence-electron chi connectivity index (χ1n) is 25.8. The maximum Gasteiger partial charge on any atom is 0.245 e. The number of hydrogen-bond acceptors (Lipinski definition) is 13. The van der Waals surface area contributed by atoms with Crippen molar-refractivity contribution in [3.05, 3.63) is 36.0 Å². The van der Waals surface area contributed by atoms with Gasteiger partial charge in [-0.3, -0.25) is 57.7 Å². The smallest absolute Gasteiger partial charge is 0.245 e. The molecular formula is C50H79N15O12. The molecule has 19 N–H and O–H groups in total. The van der Waals surface area contributed by atoms with Crippen molar-refractivity contribution >= 4 is 81.8 Å². The lowest BCUT2D eigenvalue weighted by Gasteiger charge is -2.31. The molecule has 1 fully saturated rings. The van der Waals surface area contributed by atoms with Crippen molar-refractivity contribution < 1.29 is 57.8 Å². The molecule has 27 heteroatoms. The number of H-pyrrole nitrogens is 1. The number of benzene rings is 1. The number of nitrogens with zero attached hydrogens (tertiary/aromatic N) is 2. The summed E-state index contributed by atoms with van der Waals surface area (Å²) in [6.07, 6.45) is -0.00612. The lowest BCUT2D eigenvalue weighted by atomic mass is 9.96. The summed E-state index contributed by atoms with van der Waals surface area (Å²) in [6.45, 7) is 9.86. The Labute approximate surface area is 446 Å². The predicted molar refractivity (Wildman–Crippen MR) is 282 cm³/mol. The van der Waals surface area contributed by atoms with Crippen LogP contribution in [0.3, 0.4) is 0 Å². The minimum absolute atomic E-state index is 0.0103. The largest absolute Gasteiger partial charge is 0.391 e. The molecule has 27 nitrogen and oxygen atoms in total. The van der Waals surface area contributed by atoms with Crippen molar-refractivity contribution in [1.82, 2.24) is 47.1 Å². The number of carbonyl (C=O) groups excluding carboxylic acids is 11. The van der Waals surface area contributed by atoms with E-state index < -0.39 is 119 Å². The average Bonchev–Trinajstić information content (AvgIpc) is 4.02. The summed E-state index contributed by atoms with van der Waals surface area (Å²) in [7, 11) is 0. The maximum absolute atomic E-state index is 14.5. The van der Waals surface area contributed by atoms with E-state index in [1.807, 2.05) is 0 Å². The van der Waals surface area contributed by atoms with E-state index in [1.165, 1.54) is 18.7 Å². The third kappa shape index (κ3) is 20.3. The van der Waals surface area contributed by atoms with E-state index in [9.17, 15) is 57.8 Å². The van der Waals surface area contributed by atoms with Gasteiger partial charge >= 0.3 is 0 Å². The van der Waals surface area contributed by atoms with Gasteiger partial charge in [0.05, 0.1) is 6.10 Å². The molecule has 10 atom stereocenters. The molecule has 77 heavy (non-hydrogen) atoms. The monoisotopic (exact) mass is 1080 g/mol. The molecule has 1 aromatic carbocycles. The van der Waals surface area contributed by atoms with Gasteiger partial charge in [0.15, 0.2) is 5.96 Å². The van der Waals surface area contributed by atoms with Crippen LogP contribution >= 0.6 is 0 Å². The fraction of sp³-hybridized carbons (Fsp3) is 0.600. The fourth-order valence-corrected chi connectivity index (χ4v) is 8.70. The number of nitrogens with two attached hydrogens (primary N) is 5. The van der Waals surface area contributed by atoms with E-state index in [2.05, 4.69) is 47.2 Å². The molecule has 0 spiro atoms. The van der Waals surface area contributed by atoms with Crippen molar-refractivity contribution in [1.29, 1.82) is 0 Å². The minimum Gasteiger partial charge on any atom is -0.391 e. The summed E-state index contributed by atoms with van der Waals surface area (Å²) in [6, 6.07) is -3.84. The van der Waals surface area contributed by atoms with E-state index in [4.69, 9.17) is 28.7 Å². The van der Waals surface area contributed by atoms with Crippen LogP contribution in [-0.4, -0.2) is 153 Å². The Morgan fingerprint density at radius 2 is 1.22 bits per heavy atom. The number of rotatable bonds is 32. The van der Waals surface area contributed by atoms with Crippen LogP contribution < -0.4 is 65.9 Å². The third-order valence-electron chi connectivity index (χ3n) is 13.1. The van der Waals surface area contributed by atoms with Crippen molar-refractivity contribution in [3.63, 3.8) is 0 Å². The Kier molecular flexibility index (Phi) is 25.3. The molecule has 0 radical (unpaired) electrons. The van der Waals surface area contributed by atoms with Crippen LogP contribution in [0.5, 0.6) is 0 Å². The number of aliphatic imine (C=N–C) groups is 1. The number of carbonyl (C=O) groups is 11. The van der Waals surface area contributed by atoms with Gasteiger partial charge in [-0.25, -0.2) is 0 Å². The first-order valence-corrected chi connectivity index (χ1v) is 25.8. The summed E-state index contributed by atoms with van der Waals surface area (Å²) in [5, 5.41) is 29.7. The van der Waals surface area contributed by atoms with E-state index in [-0.39, 0.29) is 75.7 Å². The maximum atomic E-state index is 14.5. The van der Waals surface area contributed by atoms with Crippen LogP contribution in [-0.2, 0) is 59.2 Å². The summed E-state index contributed by atoms with van der Waals surface area (Å²) >= 11 is 0. The number of aromatic amines is 1. The highest BCUT2D eigenvalue weighted by Gasteiger charge is 2.39. The van der Waals surface area contributed by atoms with Gasteiger partial charge in [-0.2, -0.15) is 0 Å². The van der Waals surface area contributed by atoms with Crippen molar-refractivity contribution in [2.45, 2.75) is 167 Å². The highest BCUT2D eigenvalue weighted by atomic mass is 16.3. The first kappa shape index (κ1) is 63.5. The van der Waals surface area contributed by atoms with Crippen molar-refractivity contribution in [2.75, 3.05) is 13.1 Å². The van der Waals surface area contributed by atoms with E-state index >= 15 is 0 Å². The number of likely N-dealkylation sites (tertiary alicyclic amines) is 1. The first-order chi connectivity index (χ1) is 36.2. The quantitative estimate of drug-likeness (QED) is 0.0194. The lowest BCUT2D eigenvalue weighted by molar-refractivity contribution is -0.139. The van der Waals surface area contributed by atoms with Gasteiger partial charge in [0, 0.05) is 56.4 Å². The zero-order valence-corrected chi connectivity index (χ0v) is 44.6. The zero-order valence-electron chi connectivity index (χ0n) is 44.6. The Morgan fingerprint density at radius 1 is 0.688 bits per heavy atom. The number of aliphatic hydroxyl groups is 1. The van der Waals surface area contributed by atoms with Crippen LogP contribution in [0.4, 0.5) is 0 Å². The molecule has 2 heterocycles. The Bertz CT molecular complexity index is 2460. The number of para-hydroxylation sites is 1. The normalized spacial score (nSPS) is 16.7. The topological polar surface area (TPSA) is 454 Å². The second kappa shape index (κ2) is 30.6. The molecule has 3 rings (SSSR count). The Morgan fingerprint density at radius 3 is 1.79 bits per heavy atom. The Balaban J connectivity index is 1.92. The average molecular weight is 1080 g/mol. The number of hydrogen-bond donors (Lipinski definition) is 14. The number of aromatic nitrogens is 1. The molecule has 11 amide bonds. The molecule has 0 saturated carbocycles. The van der Waals surface area contributed by atoms with Crippen LogP contribution in [0, 0.1) is 11.8 Å². The predicted octanol–water partition coefficient (Wildman–Crippen LogP) is -3.34. The van der Waals surface area contributed by atoms with Crippen LogP contribution in [0.2, 0.25) is 0 Å². The lowest BCUT2D eigenvalue weighted by Crippen LogP contribution is -2.63. The summed E-state index contributed by atoms with van der Waals surface area (Å²) in [5.74, 6) is -10.0. The molecule has 1 aromatic heterocycles. The van der Waals surface area contributed by atoms with Crippen LogP contribution in [0.1, 0.15) is 111 Å². The summed E-state index contributed by atoms with van der Waals surface area (Å²) in [5.41, 5.74) is 28.4. The second-order valence-electron chi connectivity index (χ2n) is 19.8. The summed E-state index contributed by atoms with van der Waals surface area (Å²) < 4.78 is 0. The standard InChI is InChI=1S/C50H79N15O12/c1-7-26(4)40(63-44(72)34(17-19-39(52)69)60-47(75)37-15-11-21-65(37)28(6)67)48(76)64-41(27(5)66)49(77)62-35(22-25(2)3)45(73)61-36(23-29-24-57-31-13-9-8-12-30(29)31)46(74)59-33(16-18-38(51)68)43(71)58-32(42(53)70)14-10-20-56-50(54)55/h8-9,12-13,24-27,32-37,40-41,57,66H,7,10-11,14-23H2,1-6H3,(H2,51,68)(H2,52,69)(H2,53,70)(H,58,71)(H,59,74)(H,60,75)(H,61,73)(H,62,77)(H,63,72)(H,64,76)(H4,54,55,56)/t26-,27+,32-,33-,34-,35-,36-,37-,40-,41-/m0/s1. The van der Waals surface area contributed by atoms with E-state index in [1.54, 1.807) is 58.2 Å². The molecular weight excluding hydrogens is 1000 g/mol. The highest BCUT2D eigenvalue weighted by Crippen LogP contribution is 2.21. The van der Waals surface area contributed by atoms with E-state index in [0.717, 1.165) is 0 Å². The minimum atomic E-state index is -1.73. The molecule has 0 bridgehead atoms. The van der Waals surface area contributed by atoms with Gasteiger partial charge in [-0.05, 0) is 75.3 Å². The van der Waals surface area contributed by atoms with E-state index in [0.29, 0.717) is 42.3 Å². The van der Waals surface area contributed by atoms with Crippen LogP contribution in [0.15, 0.2) is 35.5 Å². The van der Waals surface area contributed by atoms with Gasteiger partial charge in [0.1, 0.15) is 48.3 Å². The number of primary amides is 3. The molecule has 0 aliphatic carbocycles. The fourth-order valence-electron chi connectivity index (χ4n) is 8.70. The number of fused-ring (bicyclic) bond motifs is 1. The van der Waals surface area contributed by atoms with Gasteiger partial charge in [0.25, 0.3) is 0 Å². The molecule has 0 unspecified atom stereocenters. The second-order valence-corrected chi connectivity index (χ2v) is 19.8. The molecule has 2 aromatic rings. The van der Waals surface area contributed by atoms with Gasteiger partial charge in [-0.1, -0.05) is 52.3 Å². The van der Waals surface area contributed by atoms with Gasteiger partial charge < -0.3 is 80.9 Å². The number of amides is 11. The van der Waals surface area contributed by atoms with Crippen molar-refractivity contribution in [2.24, 2.45) is 45.5 Å². The molecule has 1 saturated heterocycles. The molecule has 426 valence electrons. The van der Waals surface area contributed by atoms with Crippen LogP contribution in [0.25, 0.3) is 10.9 Å². The highest BCUT2D eigenvalue weighted by molar-refractivity contribution is 5.99. The number of aliphatic hydroxyl groups excluding tert-OH is 1. The zero-order chi connectivity index (χ0) is 57.7. The summed E-state index contributed by atoms with van der Waals surface area (Å²) in [4.78, 5) is 155.